The summed E-state index contributed by atoms with van der Waals surface area (Å²) in [6.07, 6.45) is 5.86. The molecule has 3 aliphatic rings. The smallest absolute Gasteiger partial charge is 0.207 e. The van der Waals surface area contributed by atoms with Crippen LogP contribution in [0.5, 0.6) is 0 Å². The average molecular weight is 343 g/mol. The van der Waals surface area contributed by atoms with E-state index in [4.69, 9.17) is 21.7 Å². The summed E-state index contributed by atoms with van der Waals surface area (Å²) in [5, 5.41) is 14.0. The lowest BCUT2D eigenvalue weighted by molar-refractivity contribution is -0.00633. The van der Waals surface area contributed by atoms with Gasteiger partial charge in [-0.1, -0.05) is 28.9 Å². The van der Waals surface area contributed by atoms with Crippen molar-refractivity contribution < 1.29 is 4.84 Å². The summed E-state index contributed by atoms with van der Waals surface area (Å²) in [5.41, 5.74) is 2.21. The fourth-order valence-electron chi connectivity index (χ4n) is 3.90. The highest BCUT2D eigenvalue weighted by Crippen LogP contribution is 2.53. The van der Waals surface area contributed by atoms with Gasteiger partial charge in [0.1, 0.15) is 5.84 Å². The molecule has 24 heavy (non-hydrogen) atoms. The maximum atomic E-state index is 8.73. The van der Waals surface area contributed by atoms with Crippen molar-refractivity contribution in [3.63, 3.8) is 0 Å². The first kappa shape index (κ1) is 15.5. The predicted molar refractivity (Wildman–Crippen MR) is 93.1 cm³/mol. The molecule has 124 valence electrons. The number of hydrogen-bond acceptors (Lipinski definition) is 4. The summed E-state index contributed by atoms with van der Waals surface area (Å²) in [6.45, 7) is 3.47. The molecule has 1 aromatic rings. The zero-order valence-corrected chi connectivity index (χ0v) is 14.4. The van der Waals surface area contributed by atoms with Gasteiger partial charge in [0.25, 0.3) is 0 Å². The Balaban J connectivity index is 1.50. The molecule has 2 heterocycles. The molecular formula is C18H19ClN4O. The topological polar surface area (TPSA) is 61.0 Å². The highest BCUT2D eigenvalue weighted by Gasteiger charge is 2.56. The standard InChI is InChI=1S/C18H19ClN4O/c1-13(21-12-20)23-9-8-17(11-23)10-16(22-24-17)18(6-7-18)14-2-4-15(19)5-3-14/h2-5H,6-11H2,1H3/b21-13-. The minimum absolute atomic E-state index is 0.0390. The van der Waals surface area contributed by atoms with Gasteiger partial charge in [-0.15, -0.1) is 0 Å². The van der Waals surface area contributed by atoms with Crippen LogP contribution in [-0.2, 0) is 10.3 Å². The van der Waals surface area contributed by atoms with Crippen molar-refractivity contribution in [2.75, 3.05) is 13.1 Å². The van der Waals surface area contributed by atoms with Crippen LogP contribution in [0.4, 0.5) is 0 Å². The minimum atomic E-state index is -0.260. The van der Waals surface area contributed by atoms with E-state index in [9.17, 15) is 0 Å². The van der Waals surface area contributed by atoms with E-state index in [-0.39, 0.29) is 11.0 Å². The van der Waals surface area contributed by atoms with Gasteiger partial charge in [0.2, 0.25) is 6.19 Å². The van der Waals surface area contributed by atoms with Crippen LogP contribution in [0.1, 0.15) is 38.2 Å². The van der Waals surface area contributed by atoms with E-state index in [0.717, 1.165) is 55.3 Å². The zero-order valence-electron chi connectivity index (χ0n) is 13.6. The number of aliphatic imine (C=N–C) groups is 1. The van der Waals surface area contributed by atoms with E-state index in [1.165, 1.54) is 5.56 Å². The van der Waals surface area contributed by atoms with E-state index >= 15 is 0 Å². The molecule has 1 spiro atoms. The Kier molecular flexibility index (Phi) is 3.54. The summed E-state index contributed by atoms with van der Waals surface area (Å²) in [5.74, 6) is 0.755. The van der Waals surface area contributed by atoms with Gasteiger partial charge in [-0.05, 0) is 37.5 Å². The van der Waals surface area contributed by atoms with E-state index in [0.29, 0.717) is 0 Å². The number of halogens is 1. The van der Waals surface area contributed by atoms with Crippen LogP contribution in [0, 0.1) is 11.5 Å². The van der Waals surface area contributed by atoms with Crippen molar-refractivity contribution in [1.29, 1.82) is 5.26 Å². The Bertz CT molecular complexity index is 760. The number of nitrogens with zero attached hydrogens (tertiary/aromatic N) is 4. The van der Waals surface area contributed by atoms with E-state index in [2.05, 4.69) is 27.2 Å². The molecule has 1 saturated heterocycles. The number of amidine groups is 1. The van der Waals surface area contributed by atoms with Gasteiger partial charge in [0.05, 0.1) is 12.3 Å². The number of benzene rings is 1. The Morgan fingerprint density at radius 1 is 1.33 bits per heavy atom. The van der Waals surface area contributed by atoms with Crippen LogP contribution in [0.15, 0.2) is 34.4 Å². The first-order valence-corrected chi connectivity index (χ1v) is 8.65. The monoisotopic (exact) mass is 342 g/mol. The van der Waals surface area contributed by atoms with Crippen LogP contribution in [0.2, 0.25) is 5.02 Å². The molecule has 0 aromatic heterocycles. The van der Waals surface area contributed by atoms with Gasteiger partial charge >= 0.3 is 0 Å². The fourth-order valence-corrected chi connectivity index (χ4v) is 4.02. The van der Waals surface area contributed by atoms with Crippen LogP contribution in [0.3, 0.4) is 0 Å². The molecule has 4 rings (SSSR count). The van der Waals surface area contributed by atoms with Gasteiger partial charge < -0.3 is 9.74 Å². The SMILES string of the molecule is C/C(=N/C#N)N1CCC2(CC(C3(c4ccc(Cl)cc4)CC3)=NO2)C1. The summed E-state index contributed by atoms with van der Waals surface area (Å²) < 4.78 is 0. The number of nitriles is 1. The first-order valence-electron chi connectivity index (χ1n) is 8.27. The maximum Gasteiger partial charge on any atom is 0.207 e. The minimum Gasteiger partial charge on any atom is -0.387 e. The second kappa shape index (κ2) is 5.49. The van der Waals surface area contributed by atoms with E-state index in [1.807, 2.05) is 25.2 Å². The third-order valence-corrected chi connectivity index (χ3v) is 5.78. The zero-order chi connectivity index (χ0) is 16.8. The van der Waals surface area contributed by atoms with Gasteiger partial charge in [0, 0.05) is 29.8 Å². The molecule has 1 unspecified atom stereocenters. The second-order valence-corrected chi connectivity index (χ2v) is 7.45. The summed E-state index contributed by atoms with van der Waals surface area (Å²) >= 11 is 6.02. The molecule has 0 radical (unpaired) electrons. The third kappa shape index (κ3) is 2.46. The van der Waals surface area contributed by atoms with E-state index in [1.54, 1.807) is 0 Å². The van der Waals surface area contributed by atoms with Crippen molar-refractivity contribution in [1.82, 2.24) is 4.90 Å². The second-order valence-electron chi connectivity index (χ2n) is 7.01. The Morgan fingerprint density at radius 2 is 2.08 bits per heavy atom. The highest BCUT2D eigenvalue weighted by atomic mass is 35.5. The number of rotatable bonds is 2. The van der Waals surface area contributed by atoms with Crippen molar-refractivity contribution in [3.8, 4) is 6.19 Å². The number of oxime groups is 1. The summed E-state index contributed by atoms with van der Waals surface area (Å²) in [4.78, 5) is 11.9. The molecule has 5 nitrogen and oxygen atoms in total. The lowest BCUT2D eigenvalue weighted by atomic mass is 9.84. The van der Waals surface area contributed by atoms with Crippen molar-refractivity contribution in [2.45, 2.75) is 43.6 Å². The van der Waals surface area contributed by atoms with Crippen LogP contribution >= 0.6 is 11.6 Å². The lowest BCUT2D eigenvalue weighted by Crippen LogP contribution is -2.36. The van der Waals surface area contributed by atoms with Gasteiger partial charge in [-0.2, -0.15) is 10.3 Å². The molecule has 1 atom stereocenters. The van der Waals surface area contributed by atoms with Crippen LogP contribution in [0.25, 0.3) is 0 Å². The van der Waals surface area contributed by atoms with Gasteiger partial charge in [-0.25, -0.2) is 0 Å². The van der Waals surface area contributed by atoms with Crippen LogP contribution in [-0.4, -0.2) is 35.1 Å². The van der Waals surface area contributed by atoms with Crippen molar-refractivity contribution in [3.05, 3.63) is 34.9 Å². The first-order chi connectivity index (χ1) is 11.6. The van der Waals surface area contributed by atoms with Crippen molar-refractivity contribution >= 4 is 23.1 Å². The molecule has 0 amide bonds. The third-order valence-electron chi connectivity index (χ3n) is 5.52. The molecule has 1 saturated carbocycles. The molecule has 2 aliphatic heterocycles. The Hall–Kier alpha value is -2.06. The van der Waals surface area contributed by atoms with Crippen molar-refractivity contribution in [2.24, 2.45) is 10.1 Å². The van der Waals surface area contributed by atoms with Crippen LogP contribution < -0.4 is 0 Å². The lowest BCUT2D eigenvalue weighted by Gasteiger charge is -2.23. The molecular weight excluding hydrogens is 324 g/mol. The summed E-state index contributed by atoms with van der Waals surface area (Å²) in [7, 11) is 0. The maximum absolute atomic E-state index is 8.73. The quantitative estimate of drug-likeness (QED) is 0.469. The molecule has 0 bridgehead atoms. The Labute approximate surface area is 146 Å². The molecule has 1 aromatic carbocycles. The number of likely N-dealkylation sites (tertiary alicyclic amines) is 1. The molecule has 6 heteroatoms. The highest BCUT2D eigenvalue weighted by molar-refractivity contribution is 6.30. The normalized spacial score (nSPS) is 27.8. The summed E-state index contributed by atoms with van der Waals surface area (Å²) in [6, 6.07) is 8.10. The largest absolute Gasteiger partial charge is 0.387 e. The molecule has 2 fully saturated rings. The average Bonchev–Trinajstić information content (AvgIpc) is 3.12. The number of hydrogen-bond donors (Lipinski definition) is 0. The van der Waals surface area contributed by atoms with Gasteiger partial charge in [0.15, 0.2) is 5.60 Å². The van der Waals surface area contributed by atoms with Gasteiger partial charge in [-0.3, -0.25) is 0 Å². The molecule has 0 N–H and O–H groups in total. The fraction of sp³-hybridized carbons (Fsp3) is 0.500. The molecule has 1 aliphatic carbocycles. The Morgan fingerprint density at radius 3 is 2.75 bits per heavy atom. The van der Waals surface area contributed by atoms with E-state index < -0.39 is 0 Å². The predicted octanol–water partition coefficient (Wildman–Crippen LogP) is 3.49.